The maximum atomic E-state index is 11.4. The van der Waals surface area contributed by atoms with Gasteiger partial charge in [-0.1, -0.05) is 13.8 Å². The molecule has 0 amide bonds. The molecule has 0 saturated heterocycles. The van der Waals surface area contributed by atoms with Gasteiger partial charge in [0, 0.05) is 12.1 Å². The molecule has 0 aromatic heterocycles. The summed E-state index contributed by atoms with van der Waals surface area (Å²) in [6, 6.07) is 0. The molecule has 4 nitrogen and oxygen atoms in total. The SMILES string of the molecule is CC(C)CCS(=O)(=O)NCC(C)(C)N. The molecule has 0 aromatic rings. The normalized spacial score (nSPS) is 13.6. The number of hydrogen-bond acceptors (Lipinski definition) is 3. The molecule has 0 aliphatic carbocycles. The molecule has 0 unspecified atom stereocenters. The van der Waals surface area contributed by atoms with Gasteiger partial charge in [-0.15, -0.1) is 0 Å². The van der Waals surface area contributed by atoms with Crippen LogP contribution in [0.3, 0.4) is 0 Å². The first kappa shape index (κ1) is 13.9. The quantitative estimate of drug-likeness (QED) is 0.694. The molecule has 0 saturated carbocycles. The largest absolute Gasteiger partial charge is 0.324 e. The van der Waals surface area contributed by atoms with E-state index in [1.807, 2.05) is 13.8 Å². The molecule has 14 heavy (non-hydrogen) atoms. The Hall–Kier alpha value is -0.130. The lowest BCUT2D eigenvalue weighted by Gasteiger charge is -2.19. The van der Waals surface area contributed by atoms with E-state index in [9.17, 15) is 8.42 Å². The van der Waals surface area contributed by atoms with Crippen molar-refractivity contribution in [3.63, 3.8) is 0 Å². The van der Waals surface area contributed by atoms with Crippen LogP contribution in [0.25, 0.3) is 0 Å². The lowest BCUT2D eigenvalue weighted by molar-refractivity contribution is 0.495. The van der Waals surface area contributed by atoms with Gasteiger partial charge >= 0.3 is 0 Å². The Bertz CT molecular complexity index is 252. The highest BCUT2D eigenvalue weighted by atomic mass is 32.2. The van der Waals surface area contributed by atoms with Gasteiger partial charge in [0.15, 0.2) is 0 Å². The molecular formula is C9H22N2O2S. The third-order valence-electron chi connectivity index (χ3n) is 1.71. The topological polar surface area (TPSA) is 72.2 Å². The summed E-state index contributed by atoms with van der Waals surface area (Å²) < 4.78 is 25.3. The van der Waals surface area contributed by atoms with Gasteiger partial charge < -0.3 is 5.73 Å². The van der Waals surface area contributed by atoms with Crippen molar-refractivity contribution in [1.82, 2.24) is 4.72 Å². The van der Waals surface area contributed by atoms with Crippen LogP contribution in [-0.4, -0.2) is 26.3 Å². The number of hydrogen-bond donors (Lipinski definition) is 2. The number of nitrogens with one attached hydrogen (secondary N) is 1. The molecule has 0 aliphatic rings. The molecule has 0 atom stereocenters. The van der Waals surface area contributed by atoms with Crippen LogP contribution in [0.1, 0.15) is 34.1 Å². The predicted octanol–water partition coefficient (Wildman–Crippen LogP) is 0.689. The first-order chi connectivity index (χ1) is 6.12. The van der Waals surface area contributed by atoms with Crippen molar-refractivity contribution in [2.24, 2.45) is 11.7 Å². The van der Waals surface area contributed by atoms with Gasteiger partial charge in [-0.3, -0.25) is 0 Å². The molecule has 0 bridgehead atoms. The zero-order chi connectivity index (χ0) is 11.4. The Morgan fingerprint density at radius 2 is 1.86 bits per heavy atom. The Morgan fingerprint density at radius 3 is 2.21 bits per heavy atom. The van der Waals surface area contributed by atoms with Crippen LogP contribution in [-0.2, 0) is 10.0 Å². The second-order valence-electron chi connectivity index (χ2n) is 4.81. The van der Waals surface area contributed by atoms with E-state index in [-0.39, 0.29) is 12.3 Å². The second kappa shape index (κ2) is 5.09. The molecule has 0 spiro atoms. The Balaban J connectivity index is 3.97. The van der Waals surface area contributed by atoms with E-state index in [4.69, 9.17) is 5.73 Å². The Kier molecular flexibility index (Phi) is 5.05. The smallest absolute Gasteiger partial charge is 0.211 e. The fraction of sp³-hybridized carbons (Fsp3) is 1.00. The van der Waals surface area contributed by atoms with Crippen molar-refractivity contribution in [2.75, 3.05) is 12.3 Å². The van der Waals surface area contributed by atoms with E-state index < -0.39 is 15.6 Å². The summed E-state index contributed by atoms with van der Waals surface area (Å²) in [5.41, 5.74) is 5.18. The molecule has 3 N–H and O–H groups in total. The van der Waals surface area contributed by atoms with Crippen LogP contribution in [0.4, 0.5) is 0 Å². The first-order valence-electron chi connectivity index (χ1n) is 4.88. The average molecular weight is 222 g/mol. The molecule has 0 radical (unpaired) electrons. The first-order valence-corrected chi connectivity index (χ1v) is 6.54. The van der Waals surface area contributed by atoms with Crippen LogP contribution in [0.5, 0.6) is 0 Å². The summed E-state index contributed by atoms with van der Waals surface area (Å²) in [5.74, 6) is 0.582. The highest BCUT2D eigenvalue weighted by Crippen LogP contribution is 2.02. The average Bonchev–Trinajstić information content (AvgIpc) is 1.97. The second-order valence-corrected chi connectivity index (χ2v) is 6.74. The summed E-state index contributed by atoms with van der Waals surface area (Å²) in [4.78, 5) is 0. The van der Waals surface area contributed by atoms with E-state index >= 15 is 0 Å². The molecule has 0 fully saturated rings. The van der Waals surface area contributed by atoms with Crippen LogP contribution in [0.15, 0.2) is 0 Å². The van der Waals surface area contributed by atoms with Crippen LogP contribution < -0.4 is 10.5 Å². The summed E-state index contributed by atoms with van der Waals surface area (Å²) in [5, 5.41) is 0. The van der Waals surface area contributed by atoms with E-state index in [1.165, 1.54) is 0 Å². The van der Waals surface area contributed by atoms with Gasteiger partial charge in [-0.25, -0.2) is 13.1 Å². The summed E-state index contributed by atoms with van der Waals surface area (Å²) in [6.45, 7) is 7.87. The van der Waals surface area contributed by atoms with Crippen molar-refractivity contribution < 1.29 is 8.42 Å². The van der Waals surface area contributed by atoms with E-state index in [0.717, 1.165) is 0 Å². The minimum atomic E-state index is -3.14. The number of rotatable bonds is 6. The van der Waals surface area contributed by atoms with Gasteiger partial charge in [0.2, 0.25) is 10.0 Å². The monoisotopic (exact) mass is 222 g/mol. The van der Waals surface area contributed by atoms with Crippen molar-refractivity contribution in [1.29, 1.82) is 0 Å². The highest BCUT2D eigenvalue weighted by molar-refractivity contribution is 7.89. The van der Waals surface area contributed by atoms with E-state index in [2.05, 4.69) is 4.72 Å². The van der Waals surface area contributed by atoms with Crippen LogP contribution >= 0.6 is 0 Å². The van der Waals surface area contributed by atoms with Crippen molar-refractivity contribution in [3.8, 4) is 0 Å². The number of nitrogens with two attached hydrogens (primary N) is 1. The third-order valence-corrected chi connectivity index (χ3v) is 3.07. The standard InChI is InChI=1S/C9H22N2O2S/c1-8(2)5-6-14(12,13)11-7-9(3,4)10/h8,11H,5-7,10H2,1-4H3. The Labute approximate surface area is 87.3 Å². The predicted molar refractivity (Wildman–Crippen MR) is 59.5 cm³/mol. The minimum absolute atomic E-state index is 0.181. The van der Waals surface area contributed by atoms with Crippen molar-refractivity contribution >= 4 is 10.0 Å². The molecule has 0 rings (SSSR count). The molecule has 0 heterocycles. The summed E-state index contributed by atoms with van der Waals surface area (Å²) in [6.07, 6.45) is 0.681. The van der Waals surface area contributed by atoms with E-state index in [0.29, 0.717) is 12.3 Å². The zero-order valence-electron chi connectivity index (χ0n) is 9.50. The summed E-state index contributed by atoms with van der Waals surface area (Å²) in [7, 11) is -3.14. The minimum Gasteiger partial charge on any atom is -0.324 e. The van der Waals surface area contributed by atoms with E-state index in [1.54, 1.807) is 13.8 Å². The van der Waals surface area contributed by atoms with Gasteiger partial charge in [0.1, 0.15) is 0 Å². The van der Waals surface area contributed by atoms with Gasteiger partial charge in [0.05, 0.1) is 5.75 Å². The molecule has 0 aliphatic heterocycles. The maximum Gasteiger partial charge on any atom is 0.211 e. The fourth-order valence-electron chi connectivity index (χ4n) is 0.759. The van der Waals surface area contributed by atoms with Gasteiger partial charge in [-0.2, -0.15) is 0 Å². The lowest BCUT2D eigenvalue weighted by Crippen LogP contribution is -2.45. The van der Waals surface area contributed by atoms with Crippen molar-refractivity contribution in [3.05, 3.63) is 0 Å². The lowest BCUT2D eigenvalue weighted by atomic mass is 10.1. The van der Waals surface area contributed by atoms with Crippen LogP contribution in [0, 0.1) is 5.92 Å². The van der Waals surface area contributed by atoms with Crippen molar-refractivity contribution in [2.45, 2.75) is 39.7 Å². The highest BCUT2D eigenvalue weighted by Gasteiger charge is 2.16. The molecule has 5 heteroatoms. The fourth-order valence-corrected chi connectivity index (χ4v) is 2.28. The third kappa shape index (κ3) is 8.47. The summed E-state index contributed by atoms with van der Waals surface area (Å²) >= 11 is 0. The Morgan fingerprint density at radius 1 is 1.36 bits per heavy atom. The van der Waals surface area contributed by atoms with Gasteiger partial charge in [-0.05, 0) is 26.2 Å². The number of sulfonamides is 1. The van der Waals surface area contributed by atoms with Gasteiger partial charge in [0.25, 0.3) is 0 Å². The zero-order valence-corrected chi connectivity index (χ0v) is 10.3. The van der Waals surface area contributed by atoms with Crippen LogP contribution in [0.2, 0.25) is 0 Å². The molecule has 86 valence electrons. The molecule has 0 aromatic carbocycles. The molecular weight excluding hydrogens is 200 g/mol. The maximum absolute atomic E-state index is 11.4.